The van der Waals surface area contributed by atoms with Crippen LogP contribution in [-0.2, 0) is 0 Å². The molecule has 1 aromatic carbocycles. The first-order valence-corrected chi connectivity index (χ1v) is 4.92. The second kappa shape index (κ2) is 4.91. The van der Waals surface area contributed by atoms with Crippen molar-refractivity contribution in [3.63, 3.8) is 0 Å². The summed E-state index contributed by atoms with van der Waals surface area (Å²) in [4.78, 5) is 0.993. The van der Waals surface area contributed by atoms with Gasteiger partial charge in [0.2, 0.25) is 0 Å². The molecule has 0 unspecified atom stereocenters. The van der Waals surface area contributed by atoms with Crippen molar-refractivity contribution in [1.82, 2.24) is 5.32 Å². The number of rotatable bonds is 3. The van der Waals surface area contributed by atoms with Crippen LogP contribution in [0.2, 0.25) is 0 Å². The zero-order valence-electron chi connectivity index (χ0n) is 8.54. The molecule has 0 bridgehead atoms. The van der Waals surface area contributed by atoms with E-state index < -0.39 is 0 Å². The van der Waals surface area contributed by atoms with Gasteiger partial charge in [-0.3, -0.25) is 0 Å². The van der Waals surface area contributed by atoms with E-state index in [-0.39, 0.29) is 0 Å². The molecule has 0 saturated heterocycles. The molecule has 1 rings (SSSR count). The van der Waals surface area contributed by atoms with Crippen LogP contribution < -0.4 is 5.32 Å². The molecule has 1 aromatic rings. The maximum absolute atomic E-state index is 4.27. The number of likely N-dealkylation sites (N-methyl/N-ethyl adjacent to an activating group) is 1. The molecule has 1 N–H and O–H groups in total. The number of hydrogen-bond donors (Lipinski definition) is 2. The molecule has 1 nitrogen and oxygen atoms in total. The molecule has 74 valence electrons. The summed E-state index contributed by atoms with van der Waals surface area (Å²) in [6, 6.07) is 6.08. The minimum absolute atomic E-state index is 0.902. The molecular formula is C12H15NS. The van der Waals surface area contributed by atoms with Crippen molar-refractivity contribution in [2.45, 2.75) is 11.8 Å². The van der Waals surface area contributed by atoms with Gasteiger partial charge in [0.1, 0.15) is 0 Å². The van der Waals surface area contributed by atoms with E-state index in [1.807, 2.05) is 31.3 Å². The van der Waals surface area contributed by atoms with E-state index >= 15 is 0 Å². The van der Waals surface area contributed by atoms with Crippen molar-refractivity contribution in [2.24, 2.45) is 0 Å². The average molecular weight is 205 g/mol. The van der Waals surface area contributed by atoms with Crippen molar-refractivity contribution in [2.75, 3.05) is 7.05 Å². The number of nitrogens with one attached hydrogen (secondary N) is 1. The van der Waals surface area contributed by atoms with Gasteiger partial charge >= 0.3 is 0 Å². The van der Waals surface area contributed by atoms with Crippen LogP contribution >= 0.6 is 12.6 Å². The summed E-state index contributed by atoms with van der Waals surface area (Å²) in [5, 5.41) is 2.97. The van der Waals surface area contributed by atoms with Gasteiger partial charge in [-0.15, -0.1) is 12.6 Å². The maximum Gasteiger partial charge on any atom is 0.0264 e. The van der Waals surface area contributed by atoms with Crippen LogP contribution in [0.25, 0.3) is 6.08 Å². The van der Waals surface area contributed by atoms with Crippen LogP contribution in [0.3, 0.4) is 0 Å². The van der Waals surface area contributed by atoms with Gasteiger partial charge in [-0.25, -0.2) is 0 Å². The van der Waals surface area contributed by atoms with E-state index in [0.717, 1.165) is 10.6 Å². The first-order chi connectivity index (χ1) is 6.63. The average Bonchev–Trinajstić information content (AvgIpc) is 2.16. The summed E-state index contributed by atoms with van der Waals surface area (Å²) in [6.07, 6.45) is 4.00. The van der Waals surface area contributed by atoms with Gasteiger partial charge in [0.25, 0.3) is 0 Å². The van der Waals surface area contributed by atoms with E-state index in [0.29, 0.717) is 0 Å². The van der Waals surface area contributed by atoms with Crippen LogP contribution in [0.1, 0.15) is 11.1 Å². The lowest BCUT2D eigenvalue weighted by atomic mass is 10.1. The number of aryl methyl sites for hydroxylation is 1. The first kappa shape index (κ1) is 10.9. The molecule has 0 fully saturated rings. The van der Waals surface area contributed by atoms with Crippen molar-refractivity contribution < 1.29 is 0 Å². The Kier molecular flexibility index (Phi) is 3.84. The molecule has 0 saturated carbocycles. The molecule has 0 amide bonds. The third-order valence-electron chi connectivity index (χ3n) is 2.04. The highest BCUT2D eigenvalue weighted by molar-refractivity contribution is 7.80. The standard InChI is InChI=1S/C12H15NS/c1-9-8-12(14)7-6-11(9)5-4-10(2)13-3/h4-8,13-14H,2H2,1,3H3/b5-4-. The highest BCUT2D eigenvalue weighted by Gasteiger charge is 1.94. The van der Waals surface area contributed by atoms with Gasteiger partial charge in [0, 0.05) is 17.6 Å². The van der Waals surface area contributed by atoms with E-state index in [4.69, 9.17) is 0 Å². The zero-order chi connectivity index (χ0) is 10.6. The highest BCUT2D eigenvalue weighted by atomic mass is 32.1. The van der Waals surface area contributed by atoms with Gasteiger partial charge in [-0.2, -0.15) is 0 Å². The summed E-state index contributed by atoms with van der Waals surface area (Å²) in [7, 11) is 1.86. The SMILES string of the molecule is C=C(/C=C\c1ccc(S)cc1C)NC. The Balaban J connectivity index is 2.87. The zero-order valence-corrected chi connectivity index (χ0v) is 9.44. The first-order valence-electron chi connectivity index (χ1n) is 4.48. The summed E-state index contributed by atoms with van der Waals surface area (Å²) in [6.45, 7) is 5.89. The van der Waals surface area contributed by atoms with Crippen molar-refractivity contribution in [3.05, 3.63) is 47.7 Å². The maximum atomic E-state index is 4.27. The fourth-order valence-corrected chi connectivity index (χ4v) is 1.39. The van der Waals surface area contributed by atoms with Gasteiger partial charge in [0.15, 0.2) is 0 Å². The molecule has 0 heterocycles. The Hall–Kier alpha value is -1.15. The normalized spacial score (nSPS) is 10.5. The van der Waals surface area contributed by atoms with Gasteiger partial charge in [-0.05, 0) is 36.3 Å². The Bertz CT molecular complexity index is 367. The largest absolute Gasteiger partial charge is 0.389 e. The Morgan fingerprint density at radius 3 is 2.79 bits per heavy atom. The number of thiol groups is 1. The summed E-state index contributed by atoms with van der Waals surface area (Å²) in [5.74, 6) is 0. The van der Waals surface area contributed by atoms with Crippen LogP contribution in [0.15, 0.2) is 41.4 Å². The fraction of sp³-hybridized carbons (Fsp3) is 0.167. The van der Waals surface area contributed by atoms with Crippen LogP contribution in [0, 0.1) is 6.92 Å². The van der Waals surface area contributed by atoms with Crippen molar-refractivity contribution in [3.8, 4) is 0 Å². The summed E-state index contributed by atoms with van der Waals surface area (Å²) >= 11 is 4.27. The third-order valence-corrected chi connectivity index (χ3v) is 2.32. The third kappa shape index (κ3) is 2.96. The predicted molar refractivity (Wildman–Crippen MR) is 65.7 cm³/mol. The smallest absolute Gasteiger partial charge is 0.0264 e. The van der Waals surface area contributed by atoms with E-state index in [2.05, 4.69) is 37.5 Å². The van der Waals surface area contributed by atoms with E-state index in [9.17, 15) is 0 Å². The second-order valence-corrected chi connectivity index (χ2v) is 3.67. The topological polar surface area (TPSA) is 12.0 Å². The molecule has 14 heavy (non-hydrogen) atoms. The molecule has 0 atom stereocenters. The highest BCUT2D eigenvalue weighted by Crippen LogP contribution is 2.15. The molecule has 0 aliphatic heterocycles. The second-order valence-electron chi connectivity index (χ2n) is 3.15. The van der Waals surface area contributed by atoms with Gasteiger partial charge in [0.05, 0.1) is 0 Å². The lowest BCUT2D eigenvalue weighted by Crippen LogP contribution is -2.00. The van der Waals surface area contributed by atoms with E-state index in [1.165, 1.54) is 11.1 Å². The van der Waals surface area contributed by atoms with Gasteiger partial charge in [-0.1, -0.05) is 18.7 Å². The molecule has 0 aliphatic carbocycles. The minimum atomic E-state index is 0.902. The lowest BCUT2D eigenvalue weighted by molar-refractivity contribution is 1.04. The Morgan fingerprint density at radius 2 is 2.21 bits per heavy atom. The minimum Gasteiger partial charge on any atom is -0.389 e. The molecular weight excluding hydrogens is 190 g/mol. The molecule has 0 aliphatic rings. The number of benzene rings is 1. The number of hydrogen-bond acceptors (Lipinski definition) is 2. The quantitative estimate of drug-likeness (QED) is 0.571. The van der Waals surface area contributed by atoms with Crippen molar-refractivity contribution >= 4 is 18.7 Å². The van der Waals surface area contributed by atoms with Crippen molar-refractivity contribution in [1.29, 1.82) is 0 Å². The van der Waals surface area contributed by atoms with Crippen LogP contribution in [0.4, 0.5) is 0 Å². The molecule has 0 radical (unpaired) electrons. The predicted octanol–water partition coefficient (Wildman–Crippen LogP) is 3.03. The molecule has 0 spiro atoms. The monoisotopic (exact) mass is 205 g/mol. The lowest BCUT2D eigenvalue weighted by Gasteiger charge is -2.01. The van der Waals surface area contributed by atoms with Crippen LogP contribution in [-0.4, -0.2) is 7.05 Å². The van der Waals surface area contributed by atoms with E-state index in [1.54, 1.807) is 0 Å². The Morgan fingerprint density at radius 1 is 1.50 bits per heavy atom. The summed E-state index contributed by atoms with van der Waals surface area (Å²) < 4.78 is 0. The molecule has 0 aromatic heterocycles. The van der Waals surface area contributed by atoms with Gasteiger partial charge < -0.3 is 5.32 Å². The number of allylic oxidation sites excluding steroid dienone is 1. The Labute approximate surface area is 90.9 Å². The fourth-order valence-electron chi connectivity index (χ4n) is 1.12. The molecule has 2 heteroatoms. The summed E-state index contributed by atoms with van der Waals surface area (Å²) in [5.41, 5.74) is 3.32. The van der Waals surface area contributed by atoms with Crippen LogP contribution in [0.5, 0.6) is 0 Å².